The molecule has 0 fully saturated rings. The first kappa shape index (κ1) is 24.1. The van der Waals surface area contributed by atoms with Crippen LogP contribution in [-0.4, -0.2) is 33.7 Å². The number of hydrogen-bond acceptors (Lipinski definition) is 5. The van der Waals surface area contributed by atoms with Gasteiger partial charge in [-0.15, -0.1) is 0 Å². The van der Waals surface area contributed by atoms with Crippen molar-refractivity contribution in [2.75, 3.05) is 18.1 Å². The Bertz CT molecular complexity index is 1250. The van der Waals surface area contributed by atoms with E-state index in [1.54, 1.807) is 4.68 Å². The largest absolute Gasteiger partial charge is 0.494 e. The van der Waals surface area contributed by atoms with Gasteiger partial charge in [-0.2, -0.15) is 5.10 Å². The Labute approximate surface area is 207 Å². The summed E-state index contributed by atoms with van der Waals surface area (Å²) in [5.74, 6) is 0.662. The van der Waals surface area contributed by atoms with Crippen LogP contribution in [0.5, 0.6) is 5.75 Å². The standard InChI is InChI=1S/C28H33N5O2/c1-6-32-10-12-33(13-11-32)25-9-8-20(3)27(17-25)28(34)30-21(4)22-14-23(16-26(15-22)35-7-2)24-18-29-31(5)19-24/h8-19,21H,6-7H2,1-5H3,(H,30,34)/t21-/m1/s1. The number of rotatable bonds is 8. The molecule has 3 aromatic rings. The molecule has 1 amide bonds. The molecule has 0 spiro atoms. The summed E-state index contributed by atoms with van der Waals surface area (Å²) in [6.45, 7) is 9.49. The lowest BCUT2D eigenvalue weighted by Gasteiger charge is -2.25. The molecule has 2 heterocycles. The molecule has 1 N–H and O–H groups in total. The van der Waals surface area contributed by atoms with E-state index >= 15 is 0 Å². The first-order chi connectivity index (χ1) is 16.9. The highest BCUT2D eigenvalue weighted by Crippen LogP contribution is 2.29. The fourth-order valence-corrected chi connectivity index (χ4v) is 4.03. The van der Waals surface area contributed by atoms with Gasteiger partial charge >= 0.3 is 0 Å². The number of nitrogens with one attached hydrogen (secondary N) is 1. The minimum atomic E-state index is -0.214. The molecule has 1 aliphatic heterocycles. The predicted molar refractivity (Wildman–Crippen MR) is 140 cm³/mol. The monoisotopic (exact) mass is 471 g/mol. The molecule has 0 saturated carbocycles. The van der Waals surface area contributed by atoms with Crippen molar-refractivity contribution in [1.29, 1.82) is 0 Å². The summed E-state index contributed by atoms with van der Waals surface area (Å²) >= 11 is 0. The van der Waals surface area contributed by atoms with Crippen molar-refractivity contribution in [1.82, 2.24) is 20.0 Å². The average molecular weight is 472 g/mol. The molecule has 0 unspecified atom stereocenters. The Morgan fingerprint density at radius 2 is 1.83 bits per heavy atom. The van der Waals surface area contributed by atoms with Crippen LogP contribution >= 0.6 is 0 Å². The van der Waals surface area contributed by atoms with E-state index < -0.39 is 0 Å². The Morgan fingerprint density at radius 1 is 1.06 bits per heavy atom. The predicted octanol–water partition coefficient (Wildman–Crippen LogP) is 5.37. The van der Waals surface area contributed by atoms with Crippen LogP contribution in [0.4, 0.5) is 5.69 Å². The fraction of sp³-hybridized carbons (Fsp3) is 0.286. The van der Waals surface area contributed by atoms with Crippen LogP contribution in [0.15, 0.2) is 73.6 Å². The molecule has 182 valence electrons. The molecule has 7 nitrogen and oxygen atoms in total. The van der Waals surface area contributed by atoms with Crippen molar-refractivity contribution >= 4 is 11.6 Å². The normalized spacial score (nSPS) is 13.7. The van der Waals surface area contributed by atoms with Crippen molar-refractivity contribution in [3.8, 4) is 16.9 Å². The Kier molecular flexibility index (Phi) is 7.25. The molecule has 35 heavy (non-hydrogen) atoms. The van der Waals surface area contributed by atoms with E-state index in [9.17, 15) is 4.79 Å². The van der Waals surface area contributed by atoms with Crippen molar-refractivity contribution in [3.63, 3.8) is 0 Å². The zero-order valence-electron chi connectivity index (χ0n) is 21.0. The summed E-state index contributed by atoms with van der Waals surface area (Å²) in [5.41, 5.74) is 5.50. The highest BCUT2D eigenvalue weighted by molar-refractivity contribution is 5.97. The van der Waals surface area contributed by atoms with Crippen LogP contribution in [0, 0.1) is 6.92 Å². The van der Waals surface area contributed by atoms with Gasteiger partial charge in [-0.05, 0) is 74.7 Å². The Morgan fingerprint density at radius 3 is 2.49 bits per heavy atom. The molecule has 0 bridgehead atoms. The maximum absolute atomic E-state index is 13.3. The second kappa shape index (κ2) is 10.5. The number of ether oxygens (including phenoxy) is 1. The number of aryl methyl sites for hydroxylation is 2. The SMILES string of the molecule is CCOc1cc(-c2cnn(C)c2)cc([C@@H](C)NC(=O)c2cc(N3C=CN(CC)C=C3)ccc2C)c1. The van der Waals surface area contributed by atoms with Gasteiger partial charge in [-0.3, -0.25) is 9.48 Å². The van der Waals surface area contributed by atoms with Crippen LogP contribution in [0.2, 0.25) is 0 Å². The van der Waals surface area contributed by atoms with Crippen LogP contribution in [0.1, 0.15) is 48.3 Å². The summed E-state index contributed by atoms with van der Waals surface area (Å²) in [6, 6.07) is 11.8. The molecule has 4 rings (SSSR count). The molecule has 2 aromatic carbocycles. The molecular formula is C28H33N5O2. The van der Waals surface area contributed by atoms with E-state index in [2.05, 4.69) is 28.3 Å². The summed E-state index contributed by atoms with van der Waals surface area (Å²) in [5, 5.41) is 7.46. The van der Waals surface area contributed by atoms with Crippen molar-refractivity contribution in [2.45, 2.75) is 33.7 Å². The molecule has 1 aliphatic rings. The van der Waals surface area contributed by atoms with E-state index in [0.717, 1.165) is 40.2 Å². The van der Waals surface area contributed by atoms with Crippen molar-refractivity contribution in [3.05, 3.63) is 90.3 Å². The fourth-order valence-electron chi connectivity index (χ4n) is 4.03. The maximum atomic E-state index is 13.3. The van der Waals surface area contributed by atoms with E-state index in [1.807, 2.05) is 100 Å². The molecule has 1 aromatic heterocycles. The number of anilines is 1. The number of carbonyl (C=O) groups is 1. The highest BCUT2D eigenvalue weighted by atomic mass is 16.5. The van der Waals surface area contributed by atoms with E-state index in [4.69, 9.17) is 4.74 Å². The van der Waals surface area contributed by atoms with Gasteiger partial charge in [0.25, 0.3) is 5.91 Å². The van der Waals surface area contributed by atoms with Gasteiger partial charge in [0.15, 0.2) is 0 Å². The van der Waals surface area contributed by atoms with Crippen molar-refractivity contribution < 1.29 is 9.53 Å². The van der Waals surface area contributed by atoms with Gasteiger partial charge in [0.05, 0.1) is 18.8 Å². The first-order valence-corrected chi connectivity index (χ1v) is 12.0. The van der Waals surface area contributed by atoms with E-state index in [1.165, 1.54) is 0 Å². The number of carbonyl (C=O) groups excluding carboxylic acids is 1. The number of benzene rings is 2. The summed E-state index contributed by atoms with van der Waals surface area (Å²) in [4.78, 5) is 17.4. The molecule has 7 heteroatoms. The lowest BCUT2D eigenvalue weighted by molar-refractivity contribution is 0.0939. The molecule has 0 aliphatic carbocycles. The van der Waals surface area contributed by atoms with Gasteiger partial charge in [0.1, 0.15) is 5.75 Å². The maximum Gasteiger partial charge on any atom is 0.252 e. The molecule has 0 saturated heterocycles. The zero-order chi connectivity index (χ0) is 24.9. The van der Waals surface area contributed by atoms with Gasteiger partial charge in [-0.25, -0.2) is 0 Å². The first-order valence-electron chi connectivity index (χ1n) is 12.0. The molecule has 1 atom stereocenters. The summed E-state index contributed by atoms with van der Waals surface area (Å²) in [7, 11) is 1.89. The Hall–Kier alpha value is -4.00. The highest BCUT2D eigenvalue weighted by Gasteiger charge is 2.17. The minimum Gasteiger partial charge on any atom is -0.494 e. The Balaban J connectivity index is 1.56. The van der Waals surface area contributed by atoms with E-state index in [-0.39, 0.29) is 11.9 Å². The van der Waals surface area contributed by atoms with Crippen LogP contribution in [0.3, 0.4) is 0 Å². The third kappa shape index (κ3) is 5.57. The van der Waals surface area contributed by atoms with Crippen LogP contribution < -0.4 is 15.0 Å². The zero-order valence-corrected chi connectivity index (χ0v) is 21.0. The lowest BCUT2D eigenvalue weighted by Crippen LogP contribution is -2.27. The number of hydrogen-bond donors (Lipinski definition) is 1. The number of amides is 1. The van der Waals surface area contributed by atoms with Gasteiger partial charge in [0, 0.05) is 61.4 Å². The molecule has 0 radical (unpaired) electrons. The van der Waals surface area contributed by atoms with Gasteiger partial charge in [0.2, 0.25) is 0 Å². The van der Waals surface area contributed by atoms with Crippen LogP contribution in [-0.2, 0) is 7.05 Å². The summed E-state index contributed by atoms with van der Waals surface area (Å²) < 4.78 is 7.58. The minimum absolute atomic E-state index is 0.109. The number of aromatic nitrogens is 2. The third-order valence-corrected chi connectivity index (χ3v) is 6.09. The second-order valence-corrected chi connectivity index (χ2v) is 8.65. The van der Waals surface area contributed by atoms with Crippen LogP contribution in [0.25, 0.3) is 11.1 Å². The van der Waals surface area contributed by atoms with Gasteiger partial charge < -0.3 is 19.9 Å². The van der Waals surface area contributed by atoms with E-state index in [0.29, 0.717) is 12.2 Å². The smallest absolute Gasteiger partial charge is 0.252 e. The van der Waals surface area contributed by atoms with Gasteiger partial charge in [-0.1, -0.05) is 6.07 Å². The van der Waals surface area contributed by atoms with Crippen molar-refractivity contribution in [2.24, 2.45) is 7.05 Å². The topological polar surface area (TPSA) is 62.6 Å². The second-order valence-electron chi connectivity index (χ2n) is 8.65. The summed E-state index contributed by atoms with van der Waals surface area (Å²) in [6.07, 6.45) is 11.8. The number of nitrogens with zero attached hydrogens (tertiary/aromatic N) is 4. The molecular weight excluding hydrogens is 438 g/mol. The quantitative estimate of drug-likeness (QED) is 0.479. The lowest BCUT2D eigenvalue weighted by atomic mass is 10.0. The third-order valence-electron chi connectivity index (χ3n) is 6.09. The average Bonchev–Trinajstić information content (AvgIpc) is 3.30.